The standard InChI is InChI=1S/C23H26ClFN6O/c1-30-8-6-19-21(30)26-13-27-22(19)31-7-2-3-17(12-31)29-23(32)20(14-4-5-14)28-18-10-15(24)9-16(25)11-18/h6,8-11,13-14,17,20,28H,2-5,7,12H2,1H3,(H,29,32). The Morgan fingerprint density at radius 2 is 2.09 bits per heavy atom. The molecule has 2 aromatic heterocycles. The lowest BCUT2D eigenvalue weighted by atomic mass is 10.0. The molecule has 2 fully saturated rings. The van der Waals surface area contributed by atoms with Gasteiger partial charge < -0.3 is 20.1 Å². The van der Waals surface area contributed by atoms with Crippen molar-refractivity contribution in [2.24, 2.45) is 13.0 Å². The first-order valence-electron chi connectivity index (χ1n) is 11.0. The quantitative estimate of drug-likeness (QED) is 0.591. The number of fused-ring (bicyclic) bond motifs is 1. The molecule has 1 saturated carbocycles. The van der Waals surface area contributed by atoms with Gasteiger partial charge in [0.05, 0.1) is 5.39 Å². The zero-order chi connectivity index (χ0) is 22.2. The van der Waals surface area contributed by atoms with Gasteiger partial charge in [-0.3, -0.25) is 4.79 Å². The topological polar surface area (TPSA) is 75.1 Å². The highest BCUT2D eigenvalue weighted by Gasteiger charge is 2.37. The number of carbonyl (C=O) groups is 1. The molecule has 5 rings (SSSR count). The second kappa shape index (κ2) is 8.58. The van der Waals surface area contributed by atoms with Crippen LogP contribution in [0.5, 0.6) is 0 Å². The zero-order valence-electron chi connectivity index (χ0n) is 17.9. The van der Waals surface area contributed by atoms with Gasteiger partial charge in [-0.1, -0.05) is 11.6 Å². The molecule has 0 bridgehead atoms. The molecule has 2 atom stereocenters. The summed E-state index contributed by atoms with van der Waals surface area (Å²) in [5.41, 5.74) is 1.42. The van der Waals surface area contributed by atoms with Crippen molar-refractivity contribution in [3.63, 3.8) is 0 Å². The Morgan fingerprint density at radius 3 is 2.88 bits per heavy atom. The first kappa shape index (κ1) is 21.0. The van der Waals surface area contributed by atoms with Crippen LogP contribution in [0.3, 0.4) is 0 Å². The Kier molecular flexibility index (Phi) is 5.63. The summed E-state index contributed by atoms with van der Waals surface area (Å²) < 4.78 is 15.7. The molecule has 2 aliphatic rings. The number of piperidine rings is 1. The predicted octanol–water partition coefficient (Wildman–Crippen LogP) is 3.74. The van der Waals surface area contributed by atoms with Gasteiger partial charge in [-0.15, -0.1) is 0 Å². The van der Waals surface area contributed by atoms with Crippen molar-refractivity contribution in [3.8, 4) is 0 Å². The van der Waals surface area contributed by atoms with Crippen LogP contribution in [0, 0.1) is 11.7 Å². The number of benzene rings is 1. The first-order valence-corrected chi connectivity index (χ1v) is 11.4. The summed E-state index contributed by atoms with van der Waals surface area (Å²) in [6.45, 7) is 1.58. The van der Waals surface area contributed by atoms with E-state index < -0.39 is 11.9 Å². The number of hydrogen-bond donors (Lipinski definition) is 2. The van der Waals surface area contributed by atoms with Gasteiger partial charge in [0.25, 0.3) is 0 Å². The van der Waals surface area contributed by atoms with Gasteiger partial charge >= 0.3 is 0 Å². The molecule has 0 spiro atoms. The molecule has 3 aromatic rings. The van der Waals surface area contributed by atoms with Crippen LogP contribution in [0.15, 0.2) is 36.8 Å². The summed E-state index contributed by atoms with van der Waals surface area (Å²) in [5, 5.41) is 7.76. The van der Waals surface area contributed by atoms with Gasteiger partial charge in [-0.25, -0.2) is 14.4 Å². The number of carbonyl (C=O) groups excluding carboxylic acids is 1. The number of aromatic nitrogens is 3. The number of amides is 1. The Labute approximate surface area is 191 Å². The third kappa shape index (κ3) is 4.37. The van der Waals surface area contributed by atoms with Gasteiger partial charge in [0.15, 0.2) is 0 Å². The Bertz CT molecular complexity index is 1130. The highest BCUT2D eigenvalue weighted by molar-refractivity contribution is 6.30. The van der Waals surface area contributed by atoms with Crippen LogP contribution in [0.1, 0.15) is 25.7 Å². The Morgan fingerprint density at radius 1 is 1.25 bits per heavy atom. The van der Waals surface area contributed by atoms with Gasteiger partial charge in [0.1, 0.15) is 29.7 Å². The maximum absolute atomic E-state index is 13.7. The van der Waals surface area contributed by atoms with Crippen LogP contribution >= 0.6 is 11.6 Å². The molecule has 7 nitrogen and oxygen atoms in total. The van der Waals surface area contributed by atoms with E-state index in [1.807, 2.05) is 23.9 Å². The molecule has 2 unspecified atom stereocenters. The molecule has 1 saturated heterocycles. The number of nitrogens with zero attached hydrogens (tertiary/aromatic N) is 4. The fraction of sp³-hybridized carbons (Fsp3) is 0.435. The van der Waals surface area contributed by atoms with E-state index in [9.17, 15) is 9.18 Å². The minimum absolute atomic E-state index is 0.0177. The van der Waals surface area contributed by atoms with E-state index in [1.54, 1.807) is 12.4 Å². The van der Waals surface area contributed by atoms with E-state index in [0.717, 1.165) is 49.1 Å². The molecule has 32 heavy (non-hydrogen) atoms. The maximum Gasteiger partial charge on any atom is 0.243 e. The summed E-state index contributed by atoms with van der Waals surface area (Å²) in [6.07, 6.45) is 7.42. The van der Waals surface area contributed by atoms with E-state index in [-0.39, 0.29) is 17.9 Å². The number of aryl methyl sites for hydroxylation is 1. The largest absolute Gasteiger partial charge is 0.373 e. The fourth-order valence-corrected chi connectivity index (χ4v) is 4.76. The Hall–Kier alpha value is -2.87. The van der Waals surface area contributed by atoms with Gasteiger partial charge in [0.2, 0.25) is 5.91 Å². The lowest BCUT2D eigenvalue weighted by molar-refractivity contribution is -0.123. The van der Waals surface area contributed by atoms with Crippen molar-refractivity contribution in [1.82, 2.24) is 19.9 Å². The number of halogens is 2. The number of hydrogen-bond acceptors (Lipinski definition) is 5. The van der Waals surface area contributed by atoms with Crippen LogP contribution in [0.2, 0.25) is 5.02 Å². The lowest BCUT2D eigenvalue weighted by Crippen LogP contribution is -2.52. The predicted molar refractivity (Wildman–Crippen MR) is 123 cm³/mol. The van der Waals surface area contributed by atoms with Crippen LogP contribution in [0.25, 0.3) is 11.0 Å². The summed E-state index contributed by atoms with van der Waals surface area (Å²) in [7, 11) is 1.97. The summed E-state index contributed by atoms with van der Waals surface area (Å²) in [5.74, 6) is 0.686. The van der Waals surface area contributed by atoms with E-state index in [1.165, 1.54) is 12.1 Å². The summed E-state index contributed by atoms with van der Waals surface area (Å²) in [4.78, 5) is 24.3. The minimum Gasteiger partial charge on any atom is -0.373 e. The van der Waals surface area contributed by atoms with Gasteiger partial charge in [-0.2, -0.15) is 0 Å². The maximum atomic E-state index is 13.7. The monoisotopic (exact) mass is 456 g/mol. The molecule has 1 amide bonds. The van der Waals surface area contributed by atoms with Crippen LogP contribution < -0.4 is 15.5 Å². The van der Waals surface area contributed by atoms with Gasteiger partial charge in [-0.05, 0) is 55.9 Å². The molecule has 1 aromatic carbocycles. The molecule has 1 aliphatic heterocycles. The van der Waals surface area contributed by atoms with E-state index >= 15 is 0 Å². The summed E-state index contributed by atoms with van der Waals surface area (Å²) >= 11 is 5.98. The number of nitrogens with one attached hydrogen (secondary N) is 2. The fourth-order valence-electron chi connectivity index (χ4n) is 4.54. The zero-order valence-corrected chi connectivity index (χ0v) is 18.6. The number of anilines is 2. The van der Waals surface area contributed by atoms with Crippen LogP contribution in [-0.4, -0.2) is 45.6 Å². The van der Waals surface area contributed by atoms with Crippen molar-refractivity contribution in [3.05, 3.63) is 47.6 Å². The molecular weight excluding hydrogens is 431 g/mol. The molecule has 3 heterocycles. The smallest absolute Gasteiger partial charge is 0.243 e. The first-order chi connectivity index (χ1) is 15.5. The molecule has 0 radical (unpaired) electrons. The molecule has 168 valence electrons. The molecule has 2 N–H and O–H groups in total. The molecule has 9 heteroatoms. The van der Waals surface area contributed by atoms with E-state index in [4.69, 9.17) is 11.6 Å². The highest BCUT2D eigenvalue weighted by atomic mass is 35.5. The third-order valence-corrected chi connectivity index (χ3v) is 6.49. The Balaban J connectivity index is 1.28. The molecular formula is C23H26ClFN6O. The van der Waals surface area contributed by atoms with Crippen LogP contribution in [0.4, 0.5) is 15.9 Å². The minimum atomic E-state index is -0.421. The summed E-state index contributed by atoms with van der Waals surface area (Å²) in [6, 6.07) is 5.93. The molecule has 1 aliphatic carbocycles. The average Bonchev–Trinajstić information content (AvgIpc) is 3.53. The van der Waals surface area contributed by atoms with Crippen molar-refractivity contribution in [2.75, 3.05) is 23.3 Å². The van der Waals surface area contributed by atoms with E-state index in [2.05, 4.69) is 25.5 Å². The van der Waals surface area contributed by atoms with Crippen molar-refractivity contribution in [2.45, 2.75) is 37.8 Å². The second-order valence-electron chi connectivity index (χ2n) is 8.77. The SMILES string of the molecule is Cn1ccc2c(N3CCCC(NC(=O)C(Nc4cc(F)cc(Cl)c4)C4CC4)C3)ncnc21. The normalized spacial score (nSPS) is 19.7. The second-order valence-corrected chi connectivity index (χ2v) is 9.21. The van der Waals surface area contributed by atoms with Crippen molar-refractivity contribution < 1.29 is 9.18 Å². The number of rotatable bonds is 6. The third-order valence-electron chi connectivity index (χ3n) is 6.27. The van der Waals surface area contributed by atoms with Crippen LogP contribution in [-0.2, 0) is 11.8 Å². The van der Waals surface area contributed by atoms with Crippen molar-refractivity contribution >= 4 is 40.0 Å². The average molecular weight is 457 g/mol. The van der Waals surface area contributed by atoms with E-state index in [0.29, 0.717) is 17.3 Å². The lowest BCUT2D eigenvalue weighted by Gasteiger charge is -2.35. The highest BCUT2D eigenvalue weighted by Crippen LogP contribution is 2.35. The van der Waals surface area contributed by atoms with Gasteiger partial charge in [0, 0.05) is 43.1 Å². The van der Waals surface area contributed by atoms with Crippen molar-refractivity contribution in [1.29, 1.82) is 0 Å².